The third-order valence-corrected chi connectivity index (χ3v) is 3.58. The van der Waals surface area contributed by atoms with Gasteiger partial charge in [-0.15, -0.1) is 10.2 Å². The average molecular weight is 369 g/mol. The van der Waals surface area contributed by atoms with Gasteiger partial charge in [0.15, 0.2) is 18.1 Å². The molecule has 0 saturated carbocycles. The zero-order valence-corrected chi connectivity index (χ0v) is 14.8. The lowest BCUT2D eigenvalue weighted by atomic mass is 10.2. The highest BCUT2D eigenvalue weighted by Crippen LogP contribution is 2.25. The first-order chi connectivity index (χ1) is 13.3. The van der Waals surface area contributed by atoms with Crippen molar-refractivity contribution in [2.24, 2.45) is 0 Å². The molecule has 3 aromatic rings. The molecule has 140 valence electrons. The summed E-state index contributed by atoms with van der Waals surface area (Å²) in [7, 11) is 1.58. The Balaban J connectivity index is 1.37. The summed E-state index contributed by atoms with van der Waals surface area (Å²) in [5.41, 5.74) is 0.776. The smallest absolute Gasteiger partial charge is 0.258 e. The molecule has 8 nitrogen and oxygen atoms in total. The molecule has 8 heteroatoms. The van der Waals surface area contributed by atoms with E-state index in [9.17, 15) is 4.79 Å². The quantitative estimate of drug-likeness (QED) is 0.578. The van der Waals surface area contributed by atoms with Crippen molar-refractivity contribution >= 4 is 5.91 Å². The highest BCUT2D eigenvalue weighted by atomic mass is 16.5. The normalized spacial score (nSPS) is 10.3. The molecule has 0 atom stereocenters. The first kappa shape index (κ1) is 18.2. The van der Waals surface area contributed by atoms with Crippen LogP contribution in [-0.2, 0) is 4.79 Å². The van der Waals surface area contributed by atoms with Gasteiger partial charge < -0.3 is 23.9 Å². The number of carbonyl (C=O) groups is 1. The molecule has 2 aromatic carbocycles. The lowest BCUT2D eigenvalue weighted by Gasteiger charge is -2.11. The van der Waals surface area contributed by atoms with E-state index in [1.807, 2.05) is 24.3 Å². The molecule has 1 heterocycles. The van der Waals surface area contributed by atoms with Crippen LogP contribution in [0.5, 0.6) is 17.2 Å². The van der Waals surface area contributed by atoms with Gasteiger partial charge in [-0.3, -0.25) is 4.79 Å². The zero-order chi connectivity index (χ0) is 18.9. The summed E-state index contributed by atoms with van der Waals surface area (Å²) in [5, 5.41) is 10.2. The van der Waals surface area contributed by atoms with Crippen LogP contribution in [0.4, 0.5) is 0 Å². The van der Waals surface area contributed by atoms with Gasteiger partial charge in [0.1, 0.15) is 12.4 Å². The van der Waals surface area contributed by atoms with Gasteiger partial charge in [0, 0.05) is 5.56 Å². The molecule has 0 saturated heterocycles. The highest BCUT2D eigenvalue weighted by Gasteiger charge is 2.06. The fourth-order valence-corrected chi connectivity index (χ4v) is 2.28. The molecule has 0 bridgehead atoms. The average Bonchev–Trinajstić information content (AvgIpc) is 3.25. The number of benzene rings is 2. The van der Waals surface area contributed by atoms with Gasteiger partial charge in [-0.25, -0.2) is 0 Å². The predicted octanol–water partition coefficient (Wildman–Crippen LogP) is 2.32. The lowest BCUT2D eigenvalue weighted by Crippen LogP contribution is -2.32. The summed E-state index contributed by atoms with van der Waals surface area (Å²) in [6.07, 6.45) is 1.27. The number of rotatable bonds is 9. The van der Waals surface area contributed by atoms with E-state index in [0.717, 1.165) is 5.56 Å². The van der Waals surface area contributed by atoms with Crippen LogP contribution in [0.2, 0.25) is 0 Å². The van der Waals surface area contributed by atoms with E-state index in [1.165, 1.54) is 6.39 Å². The Kier molecular flexibility index (Phi) is 6.24. The van der Waals surface area contributed by atoms with Gasteiger partial charge in [0.25, 0.3) is 5.91 Å². The lowest BCUT2D eigenvalue weighted by molar-refractivity contribution is -0.123. The number of carbonyl (C=O) groups excluding carboxylic acids is 1. The first-order valence-electron chi connectivity index (χ1n) is 8.28. The van der Waals surface area contributed by atoms with Crippen molar-refractivity contribution in [1.82, 2.24) is 15.5 Å². The summed E-state index contributed by atoms with van der Waals surface area (Å²) in [6.45, 7) is 0.593. The van der Waals surface area contributed by atoms with E-state index in [-0.39, 0.29) is 12.5 Å². The number of amides is 1. The third-order valence-electron chi connectivity index (χ3n) is 3.58. The van der Waals surface area contributed by atoms with Crippen molar-refractivity contribution < 1.29 is 23.4 Å². The van der Waals surface area contributed by atoms with Crippen molar-refractivity contribution in [2.45, 2.75) is 0 Å². The molecule has 0 aliphatic heterocycles. The molecule has 0 radical (unpaired) electrons. The van der Waals surface area contributed by atoms with Gasteiger partial charge >= 0.3 is 0 Å². The number of hydrogen-bond acceptors (Lipinski definition) is 7. The number of para-hydroxylation sites is 2. The predicted molar refractivity (Wildman–Crippen MR) is 96.7 cm³/mol. The summed E-state index contributed by atoms with van der Waals surface area (Å²) >= 11 is 0. The topological polar surface area (TPSA) is 95.7 Å². The molecule has 3 rings (SSSR count). The second-order valence-corrected chi connectivity index (χ2v) is 5.41. The molecule has 1 amide bonds. The zero-order valence-electron chi connectivity index (χ0n) is 14.8. The summed E-state index contributed by atoms with van der Waals surface area (Å²) in [6, 6.07) is 14.4. The molecule has 1 N–H and O–H groups in total. The van der Waals surface area contributed by atoms with Crippen LogP contribution in [0.1, 0.15) is 0 Å². The van der Waals surface area contributed by atoms with Gasteiger partial charge in [-0.1, -0.05) is 12.1 Å². The Morgan fingerprint density at radius 2 is 1.85 bits per heavy atom. The maximum atomic E-state index is 11.9. The minimum absolute atomic E-state index is 0.0887. The Morgan fingerprint density at radius 1 is 1.07 bits per heavy atom. The van der Waals surface area contributed by atoms with Crippen molar-refractivity contribution in [3.05, 3.63) is 54.9 Å². The van der Waals surface area contributed by atoms with Crippen LogP contribution in [0.15, 0.2) is 59.3 Å². The number of methoxy groups -OCH3 is 1. The SMILES string of the molecule is COc1ccccc1OCCNC(=O)COc1ccc(-c2nnco2)cc1. The standard InChI is InChI=1S/C19H19N3O5/c1-24-16-4-2-3-5-17(16)25-11-10-20-18(23)12-26-15-8-6-14(7-9-15)19-22-21-13-27-19/h2-9,13H,10-12H2,1H3,(H,20,23). The molecular formula is C19H19N3O5. The molecule has 1 aromatic heterocycles. The summed E-state index contributed by atoms with van der Waals surface area (Å²) in [4.78, 5) is 11.9. The van der Waals surface area contributed by atoms with Crippen molar-refractivity contribution in [3.8, 4) is 28.7 Å². The molecule has 27 heavy (non-hydrogen) atoms. The maximum Gasteiger partial charge on any atom is 0.258 e. The molecule has 0 aliphatic carbocycles. The minimum atomic E-state index is -0.236. The van der Waals surface area contributed by atoms with Crippen LogP contribution in [0, 0.1) is 0 Å². The van der Waals surface area contributed by atoms with E-state index in [4.69, 9.17) is 18.6 Å². The largest absolute Gasteiger partial charge is 0.493 e. The van der Waals surface area contributed by atoms with Crippen LogP contribution >= 0.6 is 0 Å². The monoisotopic (exact) mass is 369 g/mol. The summed E-state index contributed by atoms with van der Waals surface area (Å²) in [5.74, 6) is 2.04. The summed E-state index contributed by atoms with van der Waals surface area (Å²) < 4.78 is 21.4. The molecule has 0 fully saturated rings. The Labute approximate surface area is 156 Å². The van der Waals surface area contributed by atoms with Crippen LogP contribution in [-0.4, -0.2) is 43.0 Å². The van der Waals surface area contributed by atoms with Crippen molar-refractivity contribution in [1.29, 1.82) is 0 Å². The number of nitrogens with one attached hydrogen (secondary N) is 1. The molecular weight excluding hydrogens is 350 g/mol. The van der Waals surface area contributed by atoms with Crippen molar-refractivity contribution in [2.75, 3.05) is 26.9 Å². The van der Waals surface area contributed by atoms with E-state index >= 15 is 0 Å². The van der Waals surface area contributed by atoms with E-state index in [2.05, 4.69) is 15.5 Å². The van der Waals surface area contributed by atoms with Gasteiger partial charge in [0.05, 0.1) is 13.7 Å². The first-order valence-corrected chi connectivity index (χ1v) is 8.28. The molecule has 0 aliphatic rings. The minimum Gasteiger partial charge on any atom is -0.493 e. The van der Waals surface area contributed by atoms with E-state index in [1.54, 1.807) is 31.4 Å². The second-order valence-electron chi connectivity index (χ2n) is 5.41. The van der Waals surface area contributed by atoms with Crippen LogP contribution < -0.4 is 19.5 Å². The fraction of sp³-hybridized carbons (Fsp3) is 0.211. The number of aromatic nitrogens is 2. The van der Waals surface area contributed by atoms with Gasteiger partial charge in [-0.05, 0) is 36.4 Å². The second kappa shape index (κ2) is 9.23. The molecule has 0 unspecified atom stereocenters. The number of hydrogen-bond donors (Lipinski definition) is 1. The van der Waals surface area contributed by atoms with Gasteiger partial charge in [0.2, 0.25) is 12.3 Å². The van der Waals surface area contributed by atoms with Crippen molar-refractivity contribution in [3.63, 3.8) is 0 Å². The Hall–Kier alpha value is -3.55. The molecule has 0 spiro atoms. The van der Waals surface area contributed by atoms with Gasteiger partial charge in [-0.2, -0.15) is 0 Å². The van der Waals surface area contributed by atoms with Crippen LogP contribution in [0.3, 0.4) is 0 Å². The number of ether oxygens (including phenoxy) is 3. The Bertz CT molecular complexity index is 850. The maximum absolute atomic E-state index is 11.9. The van der Waals surface area contributed by atoms with Crippen LogP contribution in [0.25, 0.3) is 11.5 Å². The Morgan fingerprint density at radius 3 is 2.56 bits per heavy atom. The fourth-order valence-electron chi connectivity index (χ4n) is 2.28. The van der Waals surface area contributed by atoms with E-state index < -0.39 is 0 Å². The number of nitrogens with zero attached hydrogens (tertiary/aromatic N) is 2. The highest BCUT2D eigenvalue weighted by molar-refractivity contribution is 5.77. The van der Waals surface area contributed by atoms with E-state index in [0.29, 0.717) is 36.3 Å². The third kappa shape index (κ3) is 5.21.